The fourth-order valence-corrected chi connectivity index (χ4v) is 4.06. The molecule has 7 heteroatoms. The van der Waals surface area contributed by atoms with Crippen molar-refractivity contribution in [3.05, 3.63) is 96.6 Å². The molecule has 3 N–H and O–H groups in total. The minimum atomic E-state index is -0.485. The molecule has 0 aliphatic carbocycles. The van der Waals surface area contributed by atoms with Gasteiger partial charge in [0.15, 0.2) is 5.69 Å². The number of hydrogen-bond acceptors (Lipinski definition) is 4. The first-order valence-electron chi connectivity index (χ1n) is 10.9. The molecule has 4 rings (SSSR count). The Bertz CT molecular complexity index is 1150. The summed E-state index contributed by atoms with van der Waals surface area (Å²) in [5, 5.41) is 10.5. The molecular weight excluding hydrogens is 419 g/mol. The smallest absolute Gasteiger partial charge is 0.246 e. The Morgan fingerprint density at radius 1 is 1.18 bits per heavy atom. The van der Waals surface area contributed by atoms with Gasteiger partial charge in [-0.1, -0.05) is 24.8 Å². The number of nitrogens with zero attached hydrogens (tertiary/aromatic N) is 2. The van der Waals surface area contributed by atoms with Crippen molar-refractivity contribution in [3.8, 4) is 11.5 Å². The van der Waals surface area contributed by atoms with Gasteiger partial charge in [0.25, 0.3) is 0 Å². The van der Waals surface area contributed by atoms with Gasteiger partial charge in [-0.2, -0.15) is 4.39 Å². The van der Waals surface area contributed by atoms with Crippen LogP contribution in [0.3, 0.4) is 0 Å². The number of likely N-dealkylation sites (tertiary alicyclic amines) is 1. The Labute approximate surface area is 192 Å². The van der Waals surface area contributed by atoms with E-state index in [0.717, 1.165) is 24.8 Å². The molecule has 168 valence electrons. The summed E-state index contributed by atoms with van der Waals surface area (Å²) in [5.41, 5.74) is 1.54. The van der Waals surface area contributed by atoms with Gasteiger partial charge in [0.05, 0.1) is 23.5 Å². The summed E-state index contributed by atoms with van der Waals surface area (Å²) in [4.78, 5) is 17.8. The molecule has 1 amide bonds. The minimum absolute atomic E-state index is 0.000447. The van der Waals surface area contributed by atoms with Gasteiger partial charge in [0.2, 0.25) is 11.7 Å². The fraction of sp³-hybridized carbons (Fsp3) is 0.192. The van der Waals surface area contributed by atoms with E-state index in [1.807, 2.05) is 30.3 Å². The molecule has 1 atom stereocenters. The van der Waals surface area contributed by atoms with Crippen LogP contribution in [-0.4, -0.2) is 40.6 Å². The molecule has 0 radical (unpaired) electrons. The number of rotatable bonds is 8. The molecule has 2 heterocycles. The second-order valence-corrected chi connectivity index (χ2v) is 7.87. The van der Waals surface area contributed by atoms with Crippen LogP contribution in [-0.2, 0) is 4.79 Å². The normalized spacial score (nSPS) is 15.3. The molecule has 1 saturated heterocycles. The van der Waals surface area contributed by atoms with Crippen molar-refractivity contribution < 1.29 is 19.2 Å². The van der Waals surface area contributed by atoms with E-state index in [1.165, 1.54) is 12.3 Å². The number of para-hydroxylation sites is 1. The van der Waals surface area contributed by atoms with Crippen LogP contribution in [0.15, 0.2) is 79.6 Å². The van der Waals surface area contributed by atoms with Crippen molar-refractivity contribution in [2.24, 2.45) is 0 Å². The van der Waals surface area contributed by atoms with Gasteiger partial charge in [0, 0.05) is 18.3 Å². The maximum Gasteiger partial charge on any atom is 0.246 e. The Kier molecular flexibility index (Phi) is 6.90. The van der Waals surface area contributed by atoms with Gasteiger partial charge >= 0.3 is 0 Å². The van der Waals surface area contributed by atoms with Crippen molar-refractivity contribution in [3.63, 3.8) is 0 Å². The number of carbonyl (C=O) groups is 1. The molecule has 1 unspecified atom stereocenters. The summed E-state index contributed by atoms with van der Waals surface area (Å²) in [5.74, 6) is 0.783. The first kappa shape index (κ1) is 22.4. The Morgan fingerprint density at radius 3 is 2.64 bits per heavy atom. The van der Waals surface area contributed by atoms with E-state index >= 15 is 0 Å². The van der Waals surface area contributed by atoms with Crippen LogP contribution in [0.4, 0.5) is 10.1 Å². The fourth-order valence-electron chi connectivity index (χ4n) is 4.06. The lowest BCUT2D eigenvalue weighted by Crippen LogP contribution is -2.82. The molecule has 0 spiro atoms. The van der Waals surface area contributed by atoms with Gasteiger partial charge < -0.3 is 15.0 Å². The molecule has 0 saturated carbocycles. The second-order valence-electron chi connectivity index (χ2n) is 7.87. The maximum atomic E-state index is 14.7. The largest absolute Gasteiger partial charge is 0.457 e. The highest BCUT2D eigenvalue weighted by atomic mass is 19.1. The summed E-state index contributed by atoms with van der Waals surface area (Å²) in [6, 6.07) is 16.6. The van der Waals surface area contributed by atoms with Gasteiger partial charge in [-0.3, -0.25) is 15.2 Å². The third-order valence-electron chi connectivity index (χ3n) is 5.76. The van der Waals surface area contributed by atoms with Crippen LogP contribution in [0.25, 0.3) is 0 Å². The zero-order valence-corrected chi connectivity index (χ0v) is 18.2. The number of benzene rings is 2. The zero-order valence-electron chi connectivity index (χ0n) is 18.2. The Balaban J connectivity index is 1.50. The van der Waals surface area contributed by atoms with Gasteiger partial charge in [-0.25, -0.2) is 0 Å². The third kappa shape index (κ3) is 5.15. The van der Waals surface area contributed by atoms with Gasteiger partial charge in [-0.15, -0.1) is 0 Å². The standard InChI is InChI=1S/C26H25FN4O2/c1-2-24(32)31-14-6-7-19(31)15-30-26-22(16-29-17-23(26)27)25(28)18-10-12-21(13-11-18)33-20-8-4-3-5-9-20/h2-5,8-13,16-17,19,28H,1,6-7,14-15H2,(H,29,30)/p+1. The van der Waals surface area contributed by atoms with Crippen LogP contribution in [0.1, 0.15) is 24.0 Å². The van der Waals surface area contributed by atoms with Crippen molar-refractivity contribution >= 4 is 17.3 Å². The first-order chi connectivity index (χ1) is 16.1. The monoisotopic (exact) mass is 445 g/mol. The van der Waals surface area contributed by atoms with Crippen LogP contribution in [0.2, 0.25) is 0 Å². The number of quaternary nitrogens is 1. The highest BCUT2D eigenvalue weighted by Gasteiger charge is 2.29. The van der Waals surface area contributed by atoms with E-state index in [0.29, 0.717) is 35.7 Å². The summed E-state index contributed by atoms with van der Waals surface area (Å²) >= 11 is 0. The predicted octanol–water partition coefficient (Wildman–Crippen LogP) is 3.80. The SMILES string of the molecule is C=CC(=O)N1CCCC1C[NH2+]c1c(F)cncc1C(=N)c1ccc(Oc2ccccc2)cc1. The average Bonchev–Trinajstić information content (AvgIpc) is 3.32. The molecule has 1 aromatic heterocycles. The number of ether oxygens (including phenoxy) is 1. The molecule has 1 aliphatic heterocycles. The van der Waals surface area contributed by atoms with Crippen molar-refractivity contribution in [1.82, 2.24) is 9.88 Å². The lowest BCUT2D eigenvalue weighted by atomic mass is 10.0. The van der Waals surface area contributed by atoms with E-state index in [2.05, 4.69) is 11.6 Å². The molecule has 6 nitrogen and oxygen atoms in total. The predicted molar refractivity (Wildman–Crippen MR) is 124 cm³/mol. The van der Waals surface area contributed by atoms with E-state index in [-0.39, 0.29) is 17.7 Å². The molecule has 0 bridgehead atoms. The van der Waals surface area contributed by atoms with E-state index < -0.39 is 5.82 Å². The van der Waals surface area contributed by atoms with Crippen LogP contribution < -0.4 is 10.1 Å². The van der Waals surface area contributed by atoms with Gasteiger partial charge in [0.1, 0.15) is 18.0 Å². The van der Waals surface area contributed by atoms with Gasteiger partial charge in [-0.05, 0) is 55.3 Å². The first-order valence-corrected chi connectivity index (χ1v) is 10.9. The van der Waals surface area contributed by atoms with Crippen molar-refractivity contribution in [1.29, 1.82) is 5.41 Å². The van der Waals surface area contributed by atoms with E-state index in [1.54, 1.807) is 34.5 Å². The lowest BCUT2D eigenvalue weighted by Gasteiger charge is -2.22. The summed E-state index contributed by atoms with van der Waals surface area (Å²) in [6.45, 7) is 4.75. The molecule has 3 aromatic rings. The van der Waals surface area contributed by atoms with Crippen LogP contribution >= 0.6 is 0 Å². The number of nitrogens with two attached hydrogens (primary N) is 1. The zero-order chi connectivity index (χ0) is 23.2. The van der Waals surface area contributed by atoms with Crippen LogP contribution in [0, 0.1) is 11.2 Å². The quantitative estimate of drug-likeness (QED) is 0.409. The van der Waals surface area contributed by atoms with Crippen molar-refractivity contribution in [2.45, 2.75) is 18.9 Å². The highest BCUT2D eigenvalue weighted by molar-refractivity contribution is 6.13. The third-order valence-corrected chi connectivity index (χ3v) is 5.76. The molecule has 1 aliphatic rings. The minimum Gasteiger partial charge on any atom is -0.457 e. The topological polar surface area (TPSA) is 82.9 Å². The molecular formula is C26H26FN4O2+. The number of nitrogens with one attached hydrogen (secondary N) is 1. The number of hydrogen-bond donors (Lipinski definition) is 2. The maximum absolute atomic E-state index is 14.7. The number of halogens is 1. The molecule has 2 aromatic carbocycles. The summed E-state index contributed by atoms with van der Waals surface area (Å²) in [7, 11) is 0. The lowest BCUT2D eigenvalue weighted by molar-refractivity contribution is -0.577. The number of pyridine rings is 1. The number of amides is 1. The van der Waals surface area contributed by atoms with Crippen LogP contribution in [0.5, 0.6) is 11.5 Å². The second kappa shape index (κ2) is 10.2. The number of carbonyl (C=O) groups excluding carboxylic acids is 1. The molecule has 1 fully saturated rings. The summed E-state index contributed by atoms with van der Waals surface area (Å²) < 4.78 is 20.5. The Hall–Kier alpha value is -3.84. The summed E-state index contributed by atoms with van der Waals surface area (Å²) in [6.07, 6.45) is 5.75. The van der Waals surface area contributed by atoms with E-state index in [9.17, 15) is 9.18 Å². The molecule has 33 heavy (non-hydrogen) atoms. The number of aromatic nitrogens is 1. The highest BCUT2D eigenvalue weighted by Crippen LogP contribution is 2.24. The van der Waals surface area contributed by atoms with Crippen molar-refractivity contribution in [2.75, 3.05) is 13.1 Å². The average molecular weight is 446 g/mol. The Morgan fingerprint density at radius 2 is 1.91 bits per heavy atom. The van der Waals surface area contributed by atoms with E-state index in [4.69, 9.17) is 10.1 Å².